The monoisotopic (exact) mass is 548 g/mol. The predicted molar refractivity (Wildman–Crippen MR) is 147 cm³/mol. The van der Waals surface area contributed by atoms with Gasteiger partial charge in [0.05, 0.1) is 28.5 Å². The molecule has 0 saturated heterocycles. The Morgan fingerprint density at radius 1 is 1.10 bits per heavy atom. The molecule has 0 N–H and O–H groups in total. The highest BCUT2D eigenvalue weighted by molar-refractivity contribution is 6.42. The molecule has 0 saturated carbocycles. The van der Waals surface area contributed by atoms with Crippen LogP contribution in [0.4, 0.5) is 22.0 Å². The molecule has 2 aromatic rings. The summed E-state index contributed by atoms with van der Waals surface area (Å²) in [6, 6.07) is 8.93. The minimum atomic E-state index is -4.53. The van der Waals surface area contributed by atoms with E-state index in [4.69, 9.17) is 0 Å². The van der Waals surface area contributed by atoms with E-state index in [1.54, 1.807) is 7.05 Å². The van der Waals surface area contributed by atoms with E-state index < -0.39 is 23.4 Å². The molecule has 1 heterocycles. The minimum absolute atomic E-state index is 0.0367. The highest BCUT2D eigenvalue weighted by Gasteiger charge is 2.31. The van der Waals surface area contributed by atoms with Crippen molar-refractivity contribution in [3.63, 3.8) is 0 Å². The SMILES string of the molecule is CN=CC1=NC(c2cccc(F)c2F)=N/C1=C/C(C)CC1=CC=C(c2ccc(C(F)(F)F)cc2C#N)C(C)C=C1. The summed E-state index contributed by atoms with van der Waals surface area (Å²) in [4.78, 5) is 12.8. The summed E-state index contributed by atoms with van der Waals surface area (Å²) in [7, 11) is 1.57. The molecule has 2 atom stereocenters. The van der Waals surface area contributed by atoms with Gasteiger partial charge in [-0.15, -0.1) is 0 Å². The summed E-state index contributed by atoms with van der Waals surface area (Å²) in [5.41, 5.74) is 2.12. The average molecular weight is 549 g/mol. The fourth-order valence-electron chi connectivity index (χ4n) is 4.52. The van der Waals surface area contributed by atoms with Crippen molar-refractivity contribution in [3.8, 4) is 6.07 Å². The molecule has 0 amide bonds. The number of benzene rings is 2. The highest BCUT2D eigenvalue weighted by atomic mass is 19.4. The van der Waals surface area contributed by atoms with Crippen molar-refractivity contribution in [1.82, 2.24) is 0 Å². The lowest BCUT2D eigenvalue weighted by molar-refractivity contribution is -0.137. The Labute approximate surface area is 229 Å². The van der Waals surface area contributed by atoms with Crippen LogP contribution < -0.4 is 0 Å². The van der Waals surface area contributed by atoms with Gasteiger partial charge in [-0.05, 0) is 59.2 Å². The van der Waals surface area contributed by atoms with Gasteiger partial charge in [0.15, 0.2) is 17.5 Å². The van der Waals surface area contributed by atoms with Crippen LogP contribution in [-0.2, 0) is 6.18 Å². The molecule has 9 heteroatoms. The van der Waals surface area contributed by atoms with Crippen LogP contribution in [0.15, 0.2) is 93.0 Å². The second kappa shape index (κ2) is 11.7. The van der Waals surface area contributed by atoms with Crippen LogP contribution in [0.5, 0.6) is 0 Å². The van der Waals surface area contributed by atoms with E-state index in [1.807, 2.05) is 50.3 Å². The van der Waals surface area contributed by atoms with E-state index in [2.05, 4.69) is 15.0 Å². The van der Waals surface area contributed by atoms with E-state index in [0.717, 1.165) is 29.3 Å². The number of amidine groups is 1. The number of nitriles is 1. The Morgan fingerprint density at radius 2 is 1.88 bits per heavy atom. The summed E-state index contributed by atoms with van der Waals surface area (Å²) in [5, 5.41) is 9.53. The first kappa shape index (κ1) is 28.6. The van der Waals surface area contributed by atoms with Crippen LogP contribution in [0.25, 0.3) is 5.57 Å². The molecular weight excluding hydrogens is 523 g/mol. The lowest BCUT2D eigenvalue weighted by atomic mass is 9.90. The molecule has 2 aromatic carbocycles. The normalized spacial score (nSPS) is 19.2. The van der Waals surface area contributed by atoms with Gasteiger partial charge in [0.25, 0.3) is 0 Å². The van der Waals surface area contributed by atoms with E-state index in [-0.39, 0.29) is 28.8 Å². The Balaban J connectivity index is 1.60. The first-order valence-electron chi connectivity index (χ1n) is 12.5. The van der Waals surface area contributed by atoms with E-state index >= 15 is 0 Å². The van der Waals surface area contributed by atoms with Crippen molar-refractivity contribution in [3.05, 3.63) is 112 Å². The molecule has 0 bridgehead atoms. The minimum Gasteiger partial charge on any atom is -0.294 e. The Morgan fingerprint density at radius 3 is 2.58 bits per heavy atom. The van der Waals surface area contributed by atoms with Crippen LogP contribution in [0.3, 0.4) is 0 Å². The molecule has 204 valence electrons. The Kier molecular flexibility index (Phi) is 8.38. The Bertz CT molecular complexity index is 1580. The van der Waals surface area contributed by atoms with Crippen LogP contribution in [0.2, 0.25) is 0 Å². The molecule has 0 radical (unpaired) electrons. The third kappa shape index (κ3) is 6.23. The van der Waals surface area contributed by atoms with Gasteiger partial charge in [0.1, 0.15) is 5.71 Å². The van der Waals surface area contributed by atoms with Gasteiger partial charge in [0, 0.05) is 13.3 Å². The second-order valence-corrected chi connectivity index (χ2v) is 9.54. The van der Waals surface area contributed by atoms with Gasteiger partial charge in [-0.2, -0.15) is 18.4 Å². The molecule has 2 unspecified atom stereocenters. The summed E-state index contributed by atoms with van der Waals surface area (Å²) in [6.45, 7) is 3.89. The van der Waals surface area contributed by atoms with Gasteiger partial charge in [-0.1, -0.05) is 56.4 Å². The topological polar surface area (TPSA) is 60.9 Å². The standard InChI is InChI=1S/C31H25F5N4/c1-18(14-27-28(17-38-3)40-30(39-27)25-5-4-6-26(32)29(25)33)13-20-8-7-19(2)23(11-9-20)24-12-10-22(31(34,35)36)15-21(24)16-37/h4-12,14-15,17-19H,13H2,1-3H3/b27-14+,38-17?. The third-order valence-electron chi connectivity index (χ3n) is 6.50. The molecule has 1 aliphatic carbocycles. The predicted octanol–water partition coefficient (Wildman–Crippen LogP) is 7.88. The van der Waals surface area contributed by atoms with Crippen LogP contribution in [-0.4, -0.2) is 24.8 Å². The number of nitrogens with zero attached hydrogens (tertiary/aromatic N) is 4. The smallest absolute Gasteiger partial charge is 0.294 e. The van der Waals surface area contributed by atoms with Gasteiger partial charge in [0.2, 0.25) is 0 Å². The number of allylic oxidation sites excluding steroid dienone is 8. The van der Waals surface area contributed by atoms with Gasteiger partial charge < -0.3 is 0 Å². The lowest BCUT2D eigenvalue weighted by Crippen LogP contribution is -2.07. The maximum absolute atomic E-state index is 14.3. The number of hydrogen-bond donors (Lipinski definition) is 0. The first-order chi connectivity index (χ1) is 19.0. The molecular formula is C31H25F5N4. The number of alkyl halides is 3. The van der Waals surface area contributed by atoms with Crippen LogP contribution in [0.1, 0.15) is 42.5 Å². The van der Waals surface area contributed by atoms with Gasteiger partial charge >= 0.3 is 6.18 Å². The average Bonchev–Trinajstić information content (AvgIpc) is 3.20. The molecule has 4 rings (SSSR count). The molecule has 2 aliphatic rings. The zero-order chi connectivity index (χ0) is 29.0. The summed E-state index contributed by atoms with van der Waals surface area (Å²) < 4.78 is 67.5. The lowest BCUT2D eigenvalue weighted by Gasteiger charge is -2.15. The van der Waals surface area contributed by atoms with Gasteiger partial charge in [-0.25, -0.2) is 18.8 Å². The first-order valence-corrected chi connectivity index (χ1v) is 12.5. The number of aliphatic imine (C=N–C) groups is 3. The quantitative estimate of drug-likeness (QED) is 0.268. The summed E-state index contributed by atoms with van der Waals surface area (Å²) in [6.07, 6.45) is 7.05. The maximum Gasteiger partial charge on any atom is 0.416 e. The van der Waals surface area contributed by atoms with Crippen molar-refractivity contribution in [2.24, 2.45) is 26.8 Å². The third-order valence-corrected chi connectivity index (χ3v) is 6.50. The van der Waals surface area contributed by atoms with Crippen LogP contribution >= 0.6 is 0 Å². The highest BCUT2D eigenvalue weighted by Crippen LogP contribution is 2.35. The fraction of sp³-hybridized carbons (Fsp3) is 0.226. The van der Waals surface area contributed by atoms with Crippen molar-refractivity contribution < 1.29 is 22.0 Å². The molecule has 40 heavy (non-hydrogen) atoms. The Hall–Kier alpha value is -4.45. The van der Waals surface area contributed by atoms with Crippen molar-refractivity contribution in [2.45, 2.75) is 26.4 Å². The number of rotatable bonds is 6. The summed E-state index contributed by atoms with van der Waals surface area (Å²) >= 11 is 0. The summed E-state index contributed by atoms with van der Waals surface area (Å²) in [5.74, 6) is -2.14. The molecule has 4 nitrogen and oxygen atoms in total. The van der Waals surface area contributed by atoms with Gasteiger partial charge in [-0.3, -0.25) is 4.99 Å². The molecule has 0 aromatic heterocycles. The zero-order valence-corrected chi connectivity index (χ0v) is 22.0. The zero-order valence-electron chi connectivity index (χ0n) is 22.0. The van der Waals surface area contributed by atoms with Crippen molar-refractivity contribution >= 4 is 23.3 Å². The largest absolute Gasteiger partial charge is 0.416 e. The second-order valence-electron chi connectivity index (χ2n) is 9.54. The van der Waals surface area contributed by atoms with E-state index in [1.165, 1.54) is 24.4 Å². The molecule has 0 fully saturated rings. The van der Waals surface area contributed by atoms with Crippen molar-refractivity contribution in [1.29, 1.82) is 5.26 Å². The molecule has 1 aliphatic heterocycles. The number of hydrogen-bond acceptors (Lipinski definition) is 4. The van der Waals surface area contributed by atoms with Crippen molar-refractivity contribution in [2.75, 3.05) is 7.05 Å². The molecule has 0 spiro atoms. The van der Waals surface area contributed by atoms with E-state index in [9.17, 15) is 27.2 Å². The van der Waals surface area contributed by atoms with Crippen LogP contribution in [0, 0.1) is 34.8 Å². The maximum atomic E-state index is 14.3. The fourth-order valence-corrected chi connectivity index (χ4v) is 4.52. The number of halogens is 5. The van der Waals surface area contributed by atoms with E-state index in [0.29, 0.717) is 23.4 Å².